The van der Waals surface area contributed by atoms with E-state index in [9.17, 15) is 0 Å². The molecule has 0 spiro atoms. The van der Waals surface area contributed by atoms with Crippen LogP contribution < -0.4 is 9.47 Å². The predicted octanol–water partition coefficient (Wildman–Crippen LogP) is 2.99. The molecule has 1 rings (SSSR count). The number of rotatable bonds is 14. The van der Waals surface area contributed by atoms with Crippen LogP contribution in [0.4, 0.5) is 0 Å². The second-order valence-electron chi connectivity index (χ2n) is 7.56. The average Bonchev–Trinajstić information content (AvgIpc) is 2.69. The lowest BCUT2D eigenvalue weighted by molar-refractivity contribution is -0.906. The number of aromatic nitrogens is 2. The molecule has 0 bridgehead atoms. The first kappa shape index (κ1) is 22.6. The predicted molar refractivity (Wildman–Crippen MR) is 107 cm³/mol. The highest BCUT2D eigenvalue weighted by Crippen LogP contribution is 2.12. The first-order chi connectivity index (χ1) is 12.4. The van der Waals surface area contributed by atoms with Gasteiger partial charge in [0, 0.05) is 25.0 Å². The van der Waals surface area contributed by atoms with E-state index in [0.717, 1.165) is 61.1 Å². The van der Waals surface area contributed by atoms with Crippen LogP contribution in [0.2, 0.25) is 0 Å². The van der Waals surface area contributed by atoms with Gasteiger partial charge in [0.2, 0.25) is 11.8 Å². The van der Waals surface area contributed by atoms with Gasteiger partial charge in [-0.3, -0.25) is 0 Å². The molecule has 0 fully saturated rings. The van der Waals surface area contributed by atoms with Gasteiger partial charge in [0.15, 0.2) is 0 Å². The number of hydrogen-bond donors (Lipinski definition) is 0. The van der Waals surface area contributed by atoms with E-state index in [1.165, 1.54) is 0 Å². The van der Waals surface area contributed by atoms with Crippen molar-refractivity contribution in [2.45, 2.75) is 40.5 Å². The van der Waals surface area contributed by atoms with Crippen molar-refractivity contribution in [3.05, 3.63) is 12.1 Å². The Morgan fingerprint density at radius 1 is 0.692 bits per heavy atom. The molecule has 0 aromatic carbocycles. The maximum Gasteiger partial charge on any atom is 0.233 e. The molecule has 0 atom stereocenters. The fourth-order valence-electron chi connectivity index (χ4n) is 2.79. The van der Waals surface area contributed by atoms with Crippen LogP contribution in [0.1, 0.15) is 40.5 Å². The van der Waals surface area contributed by atoms with Crippen LogP contribution in [0.5, 0.6) is 11.8 Å². The minimum absolute atomic E-state index is 0.570. The molecule has 1 aromatic rings. The summed E-state index contributed by atoms with van der Waals surface area (Å²) in [5.41, 5.74) is 0. The van der Waals surface area contributed by atoms with Crippen LogP contribution in [0.3, 0.4) is 0 Å². The summed E-state index contributed by atoms with van der Waals surface area (Å²) in [7, 11) is 4.57. The SMILES string of the molecule is CC[N+](C)(CC)CCCOc1ccc(OCCC[N+](C)(CC)CC)nn1. The van der Waals surface area contributed by atoms with Gasteiger partial charge in [-0.25, -0.2) is 0 Å². The molecule has 0 unspecified atom stereocenters. The summed E-state index contributed by atoms with van der Waals surface area (Å²) in [6.45, 7) is 17.1. The molecule has 0 aliphatic rings. The molecule has 1 aromatic heterocycles. The van der Waals surface area contributed by atoms with Crippen LogP contribution in [0.25, 0.3) is 0 Å². The van der Waals surface area contributed by atoms with Crippen LogP contribution in [0.15, 0.2) is 12.1 Å². The molecular weight excluding hydrogens is 328 g/mol. The number of quaternary nitrogens is 2. The van der Waals surface area contributed by atoms with Crippen molar-refractivity contribution in [3.63, 3.8) is 0 Å². The summed E-state index contributed by atoms with van der Waals surface area (Å²) in [5, 5.41) is 8.21. The zero-order valence-electron chi connectivity index (χ0n) is 17.8. The quantitative estimate of drug-likeness (QED) is 0.374. The van der Waals surface area contributed by atoms with E-state index in [1.54, 1.807) is 0 Å². The molecule has 0 saturated carbocycles. The first-order valence-corrected chi connectivity index (χ1v) is 10.2. The van der Waals surface area contributed by atoms with Crippen molar-refractivity contribution in [2.75, 3.05) is 66.6 Å². The molecule has 6 nitrogen and oxygen atoms in total. The van der Waals surface area contributed by atoms with Gasteiger partial charge in [0.05, 0.1) is 66.6 Å². The third kappa shape index (κ3) is 7.87. The summed E-state index contributed by atoms with van der Waals surface area (Å²) in [6, 6.07) is 3.68. The minimum Gasteiger partial charge on any atom is -0.476 e. The average molecular weight is 369 g/mol. The molecule has 1 heterocycles. The molecular formula is C20H40N4O2+2. The van der Waals surface area contributed by atoms with E-state index in [4.69, 9.17) is 9.47 Å². The second kappa shape index (κ2) is 11.3. The molecule has 0 radical (unpaired) electrons. The number of hydrogen-bond acceptors (Lipinski definition) is 4. The molecule has 0 saturated heterocycles. The Kier molecular flexibility index (Phi) is 9.88. The van der Waals surface area contributed by atoms with Crippen LogP contribution in [-0.2, 0) is 0 Å². The summed E-state index contributed by atoms with van der Waals surface area (Å²) in [4.78, 5) is 0. The Labute approximate surface area is 160 Å². The highest BCUT2D eigenvalue weighted by molar-refractivity contribution is 5.15. The van der Waals surface area contributed by atoms with Gasteiger partial charge in [-0.05, 0) is 27.7 Å². The Hall–Kier alpha value is -1.40. The smallest absolute Gasteiger partial charge is 0.233 e. The second-order valence-corrected chi connectivity index (χ2v) is 7.56. The van der Waals surface area contributed by atoms with Gasteiger partial charge in [-0.15, -0.1) is 10.2 Å². The van der Waals surface area contributed by atoms with Crippen molar-refractivity contribution in [1.29, 1.82) is 0 Å². The lowest BCUT2D eigenvalue weighted by Gasteiger charge is -2.32. The highest BCUT2D eigenvalue weighted by atomic mass is 16.5. The fraction of sp³-hybridized carbons (Fsp3) is 0.800. The molecule has 0 amide bonds. The van der Waals surface area contributed by atoms with Crippen LogP contribution in [0, 0.1) is 0 Å². The summed E-state index contributed by atoms with van der Waals surface area (Å²) in [6.07, 6.45) is 2.04. The third-order valence-electron chi connectivity index (χ3n) is 5.85. The molecule has 26 heavy (non-hydrogen) atoms. The topological polar surface area (TPSA) is 44.2 Å². The first-order valence-electron chi connectivity index (χ1n) is 10.2. The minimum atomic E-state index is 0.570. The summed E-state index contributed by atoms with van der Waals surface area (Å²) >= 11 is 0. The van der Waals surface area contributed by atoms with Crippen LogP contribution >= 0.6 is 0 Å². The largest absolute Gasteiger partial charge is 0.476 e. The Morgan fingerprint density at radius 3 is 1.31 bits per heavy atom. The zero-order chi connectivity index (χ0) is 19.5. The van der Waals surface area contributed by atoms with E-state index in [-0.39, 0.29) is 0 Å². The zero-order valence-corrected chi connectivity index (χ0v) is 17.8. The van der Waals surface area contributed by atoms with Crippen molar-refractivity contribution >= 4 is 0 Å². The standard InChI is InChI=1S/C20H40N4O2/c1-7-23(5,8-2)15-11-17-25-19-13-14-20(22-21-19)26-18-12-16-24(6,9-3)10-4/h13-14H,7-12,15-18H2,1-6H3/q+2. The molecule has 0 aliphatic heterocycles. The fourth-order valence-corrected chi connectivity index (χ4v) is 2.79. The normalized spacial score (nSPS) is 12.2. The molecule has 6 heteroatoms. The summed E-state index contributed by atoms with van der Waals surface area (Å²) in [5.74, 6) is 1.14. The van der Waals surface area contributed by atoms with Crippen molar-refractivity contribution in [2.24, 2.45) is 0 Å². The Bertz CT molecular complexity index is 440. The lowest BCUT2D eigenvalue weighted by Crippen LogP contribution is -2.44. The third-order valence-corrected chi connectivity index (χ3v) is 5.85. The van der Waals surface area contributed by atoms with Crippen LogP contribution in [-0.4, -0.2) is 85.7 Å². The van der Waals surface area contributed by atoms with Gasteiger partial charge in [-0.2, -0.15) is 0 Å². The molecule has 0 aliphatic carbocycles. The van der Waals surface area contributed by atoms with E-state index in [1.807, 2.05) is 12.1 Å². The Balaban J connectivity index is 2.27. The van der Waals surface area contributed by atoms with Gasteiger partial charge in [0.25, 0.3) is 0 Å². The number of ether oxygens (including phenoxy) is 2. The van der Waals surface area contributed by atoms with E-state index >= 15 is 0 Å². The Morgan fingerprint density at radius 2 is 1.04 bits per heavy atom. The van der Waals surface area contributed by atoms with E-state index in [2.05, 4.69) is 52.0 Å². The van der Waals surface area contributed by atoms with E-state index in [0.29, 0.717) is 25.0 Å². The van der Waals surface area contributed by atoms with Gasteiger partial charge >= 0.3 is 0 Å². The summed E-state index contributed by atoms with van der Waals surface area (Å²) < 4.78 is 13.6. The highest BCUT2D eigenvalue weighted by Gasteiger charge is 2.16. The van der Waals surface area contributed by atoms with Gasteiger partial charge in [0.1, 0.15) is 0 Å². The van der Waals surface area contributed by atoms with E-state index < -0.39 is 0 Å². The number of nitrogens with zero attached hydrogens (tertiary/aromatic N) is 4. The maximum atomic E-state index is 5.70. The monoisotopic (exact) mass is 368 g/mol. The molecule has 150 valence electrons. The van der Waals surface area contributed by atoms with Crippen molar-refractivity contribution in [3.8, 4) is 11.8 Å². The van der Waals surface area contributed by atoms with Gasteiger partial charge in [-0.1, -0.05) is 0 Å². The van der Waals surface area contributed by atoms with Gasteiger partial charge < -0.3 is 18.4 Å². The lowest BCUT2D eigenvalue weighted by atomic mass is 10.3. The van der Waals surface area contributed by atoms with Crippen molar-refractivity contribution < 1.29 is 18.4 Å². The molecule has 0 N–H and O–H groups in total. The maximum absolute atomic E-state index is 5.70. The van der Waals surface area contributed by atoms with Crippen molar-refractivity contribution in [1.82, 2.24) is 10.2 Å².